The fourth-order valence-electron chi connectivity index (χ4n) is 5.00. The van der Waals surface area contributed by atoms with Crippen molar-refractivity contribution in [2.24, 2.45) is 5.41 Å². The highest BCUT2D eigenvalue weighted by Gasteiger charge is 2.40. The van der Waals surface area contributed by atoms with E-state index in [2.05, 4.69) is 36.4 Å². The highest BCUT2D eigenvalue weighted by Crippen LogP contribution is 2.37. The average molecular weight is 466 g/mol. The Morgan fingerprint density at radius 1 is 0.714 bits per heavy atom. The minimum atomic E-state index is -0.444. The van der Waals surface area contributed by atoms with Gasteiger partial charge in [-0.2, -0.15) is 0 Å². The van der Waals surface area contributed by atoms with Crippen molar-refractivity contribution in [2.45, 2.75) is 44.9 Å². The van der Waals surface area contributed by atoms with Crippen molar-refractivity contribution in [1.82, 2.24) is 4.90 Å². The van der Waals surface area contributed by atoms with E-state index in [1.54, 1.807) is 6.08 Å². The molecule has 1 aliphatic heterocycles. The molecule has 0 unspecified atom stereocenters. The third-order valence-electron chi connectivity index (χ3n) is 7.16. The molecule has 3 nitrogen and oxygen atoms in total. The van der Waals surface area contributed by atoms with Gasteiger partial charge >= 0.3 is 0 Å². The molecule has 0 spiro atoms. The summed E-state index contributed by atoms with van der Waals surface area (Å²) in [5.41, 5.74) is 3.21. The average Bonchev–Trinajstić information content (AvgIpc) is 2.92. The maximum atomic E-state index is 13.5. The van der Waals surface area contributed by atoms with Gasteiger partial charge in [0.15, 0.2) is 5.78 Å². The number of aryl methyl sites for hydroxylation is 2. The Balaban J connectivity index is 1.38. The van der Waals surface area contributed by atoms with E-state index >= 15 is 0 Å². The first-order chi connectivity index (χ1) is 17.1. The number of carbonyl (C=O) groups excluding carboxylic acids is 2. The predicted molar refractivity (Wildman–Crippen MR) is 142 cm³/mol. The summed E-state index contributed by atoms with van der Waals surface area (Å²) < 4.78 is 0. The van der Waals surface area contributed by atoms with Gasteiger partial charge in [-0.3, -0.25) is 9.59 Å². The van der Waals surface area contributed by atoms with Crippen molar-refractivity contribution >= 4 is 11.7 Å². The van der Waals surface area contributed by atoms with Crippen LogP contribution in [-0.2, 0) is 28.9 Å². The zero-order valence-electron chi connectivity index (χ0n) is 20.4. The van der Waals surface area contributed by atoms with Crippen molar-refractivity contribution in [1.29, 1.82) is 0 Å². The Morgan fingerprint density at radius 2 is 1.23 bits per heavy atom. The Hall–Kier alpha value is -3.46. The van der Waals surface area contributed by atoms with E-state index in [0.29, 0.717) is 32.4 Å². The minimum Gasteiger partial charge on any atom is -0.343 e. The van der Waals surface area contributed by atoms with E-state index in [-0.39, 0.29) is 11.7 Å². The second-order valence-corrected chi connectivity index (χ2v) is 9.60. The molecule has 1 amide bonds. The summed E-state index contributed by atoms with van der Waals surface area (Å²) in [6.07, 6.45) is 9.03. The lowest BCUT2D eigenvalue weighted by molar-refractivity contribution is -0.137. The number of allylic oxidation sites excluding steroid dienone is 2. The van der Waals surface area contributed by atoms with Crippen LogP contribution in [0.1, 0.15) is 42.4 Å². The molecule has 1 fully saturated rings. The lowest BCUT2D eigenvalue weighted by Crippen LogP contribution is -2.47. The van der Waals surface area contributed by atoms with Gasteiger partial charge < -0.3 is 4.90 Å². The van der Waals surface area contributed by atoms with E-state index < -0.39 is 5.41 Å². The first-order valence-electron chi connectivity index (χ1n) is 12.8. The maximum Gasteiger partial charge on any atom is 0.222 e. The molecular formula is C32H35NO2. The predicted octanol–water partition coefficient (Wildman–Crippen LogP) is 6.23. The van der Waals surface area contributed by atoms with Gasteiger partial charge in [0.2, 0.25) is 5.91 Å². The Kier molecular flexibility index (Phi) is 8.67. The van der Waals surface area contributed by atoms with Crippen LogP contribution in [-0.4, -0.2) is 29.7 Å². The molecule has 0 radical (unpaired) electrons. The number of nitrogens with zero attached hydrogens (tertiary/aromatic N) is 1. The summed E-state index contributed by atoms with van der Waals surface area (Å²) in [4.78, 5) is 28.4. The summed E-state index contributed by atoms with van der Waals surface area (Å²) >= 11 is 0. The molecule has 3 aromatic carbocycles. The molecule has 1 heterocycles. The van der Waals surface area contributed by atoms with Crippen molar-refractivity contribution in [2.75, 3.05) is 13.1 Å². The molecule has 0 N–H and O–H groups in total. The Labute approximate surface area is 209 Å². The number of hydrogen-bond acceptors (Lipinski definition) is 2. The number of hydrogen-bond donors (Lipinski definition) is 0. The van der Waals surface area contributed by atoms with Gasteiger partial charge in [-0.25, -0.2) is 0 Å². The van der Waals surface area contributed by atoms with Crippen LogP contribution < -0.4 is 0 Å². The Bertz CT molecular complexity index is 1100. The first kappa shape index (κ1) is 24.7. The van der Waals surface area contributed by atoms with Gasteiger partial charge in [-0.05, 0) is 61.3 Å². The normalized spacial score (nSPS) is 15.3. The number of rotatable bonds is 10. The van der Waals surface area contributed by atoms with Crippen LogP contribution in [0.15, 0.2) is 103 Å². The molecule has 3 aromatic rings. The van der Waals surface area contributed by atoms with Crippen LogP contribution in [0.25, 0.3) is 0 Å². The number of likely N-dealkylation sites (tertiary alicyclic amines) is 1. The van der Waals surface area contributed by atoms with Crippen LogP contribution in [0.3, 0.4) is 0 Å². The molecule has 1 saturated heterocycles. The number of amides is 1. The maximum absolute atomic E-state index is 13.5. The second-order valence-electron chi connectivity index (χ2n) is 9.60. The highest BCUT2D eigenvalue weighted by molar-refractivity contribution is 5.95. The molecule has 0 aromatic heterocycles. The monoisotopic (exact) mass is 465 g/mol. The number of ketones is 1. The summed E-state index contributed by atoms with van der Waals surface area (Å²) in [6, 6.07) is 30.8. The van der Waals surface area contributed by atoms with Gasteiger partial charge in [0.1, 0.15) is 0 Å². The molecule has 4 rings (SSSR count). The van der Waals surface area contributed by atoms with E-state index in [4.69, 9.17) is 0 Å². The third kappa shape index (κ3) is 7.02. The molecule has 35 heavy (non-hydrogen) atoms. The molecule has 1 aliphatic rings. The quantitative estimate of drug-likeness (QED) is 0.333. The van der Waals surface area contributed by atoms with Crippen LogP contribution in [0.5, 0.6) is 0 Å². The minimum absolute atomic E-state index is 0.188. The van der Waals surface area contributed by atoms with Crippen LogP contribution in [0, 0.1) is 5.41 Å². The molecule has 3 heteroatoms. The van der Waals surface area contributed by atoms with Gasteiger partial charge in [0.05, 0.1) is 0 Å². The lowest BCUT2D eigenvalue weighted by atomic mass is 9.70. The first-order valence-corrected chi connectivity index (χ1v) is 12.8. The van der Waals surface area contributed by atoms with Gasteiger partial charge in [-0.1, -0.05) is 97.1 Å². The van der Waals surface area contributed by atoms with Crippen molar-refractivity contribution < 1.29 is 9.59 Å². The molecule has 0 bridgehead atoms. The number of carbonyl (C=O) groups is 2. The lowest BCUT2D eigenvalue weighted by Gasteiger charge is -2.40. The summed E-state index contributed by atoms with van der Waals surface area (Å²) in [6.45, 7) is 1.29. The largest absolute Gasteiger partial charge is 0.343 e. The highest BCUT2D eigenvalue weighted by atomic mass is 16.2. The molecule has 0 aliphatic carbocycles. The summed E-state index contributed by atoms with van der Waals surface area (Å²) in [5, 5.41) is 0. The third-order valence-corrected chi connectivity index (χ3v) is 7.16. The van der Waals surface area contributed by atoms with Crippen molar-refractivity contribution in [3.63, 3.8) is 0 Å². The fraction of sp³-hybridized carbons (Fsp3) is 0.312. The van der Waals surface area contributed by atoms with Crippen LogP contribution in [0.2, 0.25) is 0 Å². The van der Waals surface area contributed by atoms with E-state index in [0.717, 1.165) is 25.7 Å². The molecule has 0 saturated carbocycles. The van der Waals surface area contributed by atoms with E-state index in [1.165, 1.54) is 16.7 Å². The zero-order valence-corrected chi connectivity index (χ0v) is 20.4. The zero-order chi connectivity index (χ0) is 24.3. The smallest absolute Gasteiger partial charge is 0.222 e. The van der Waals surface area contributed by atoms with E-state index in [9.17, 15) is 9.59 Å². The van der Waals surface area contributed by atoms with Crippen molar-refractivity contribution in [3.8, 4) is 0 Å². The second kappa shape index (κ2) is 12.3. The summed E-state index contributed by atoms with van der Waals surface area (Å²) in [7, 11) is 0. The summed E-state index contributed by atoms with van der Waals surface area (Å²) in [5.74, 6) is 0.388. The van der Waals surface area contributed by atoms with Crippen LogP contribution in [0.4, 0.5) is 0 Å². The van der Waals surface area contributed by atoms with Gasteiger partial charge in [0.25, 0.3) is 0 Å². The molecular weight excluding hydrogens is 430 g/mol. The van der Waals surface area contributed by atoms with Crippen molar-refractivity contribution in [3.05, 3.63) is 120 Å². The van der Waals surface area contributed by atoms with Gasteiger partial charge in [-0.15, -0.1) is 0 Å². The SMILES string of the molecule is O=C(CCc1ccccc1)N1CCC(Cc2ccccc2)(C(=O)/C=C/CCc2ccccc2)CC1. The standard InChI is InChI=1S/C32H35NO2/c34-30(19-11-10-16-27-12-4-1-5-13-27)32(26-29-17-8-3-9-18-29)22-24-33(25-23-32)31(35)21-20-28-14-6-2-7-15-28/h1-9,11-15,17-19H,10,16,20-26H2/b19-11+. The number of benzene rings is 3. The number of piperidine rings is 1. The molecule has 180 valence electrons. The fourth-order valence-corrected chi connectivity index (χ4v) is 5.00. The van der Waals surface area contributed by atoms with Gasteiger partial charge in [0, 0.05) is 24.9 Å². The Morgan fingerprint density at radius 3 is 1.80 bits per heavy atom. The molecule has 0 atom stereocenters. The van der Waals surface area contributed by atoms with E-state index in [1.807, 2.05) is 65.6 Å². The van der Waals surface area contributed by atoms with Crippen LogP contribution >= 0.6 is 0 Å². The topological polar surface area (TPSA) is 37.4 Å².